The van der Waals surface area contributed by atoms with Crippen molar-refractivity contribution in [2.45, 2.75) is 26.3 Å². The molecule has 0 spiro atoms. The van der Waals surface area contributed by atoms with Crippen molar-refractivity contribution in [1.29, 1.82) is 0 Å². The van der Waals surface area contributed by atoms with E-state index >= 15 is 0 Å². The number of nitrogens with zero attached hydrogens (tertiary/aromatic N) is 2. The minimum Gasteiger partial charge on any atom is -0.352 e. The van der Waals surface area contributed by atoms with Gasteiger partial charge in [0, 0.05) is 35.4 Å². The number of hydrogen-bond acceptors (Lipinski definition) is 3. The van der Waals surface area contributed by atoms with E-state index in [-0.39, 0.29) is 11.8 Å². The van der Waals surface area contributed by atoms with Crippen LogP contribution in [0.3, 0.4) is 0 Å². The number of hydrogen-bond donors (Lipinski definition) is 3. The molecule has 3 N–H and O–H groups in total. The molecule has 2 aromatic heterocycles. The summed E-state index contributed by atoms with van der Waals surface area (Å²) in [6, 6.07) is 16.9. The van der Waals surface area contributed by atoms with E-state index in [1.54, 1.807) is 12.1 Å². The van der Waals surface area contributed by atoms with Crippen LogP contribution in [-0.4, -0.2) is 33.1 Å². The van der Waals surface area contributed by atoms with Crippen molar-refractivity contribution in [3.8, 4) is 11.4 Å². The molecule has 2 aromatic carbocycles. The van der Waals surface area contributed by atoms with Crippen LogP contribution in [0.5, 0.6) is 0 Å². The Morgan fingerprint density at radius 1 is 1.06 bits per heavy atom. The van der Waals surface area contributed by atoms with E-state index in [9.17, 15) is 9.59 Å². The largest absolute Gasteiger partial charge is 0.352 e. The SMILES string of the molecule is Cc1ccc(C(=O)Nc2n[nH]c3c2CCn2cc(C(=O)NCCc4ccc(Cl)cc4)cc2-3)cc1. The van der Waals surface area contributed by atoms with Crippen molar-refractivity contribution in [2.24, 2.45) is 0 Å². The second kappa shape index (κ2) is 9.19. The van der Waals surface area contributed by atoms with Crippen molar-refractivity contribution in [1.82, 2.24) is 20.1 Å². The number of anilines is 1. The summed E-state index contributed by atoms with van der Waals surface area (Å²) in [5.74, 6) is 0.211. The molecule has 2 amide bonds. The van der Waals surface area contributed by atoms with Crippen LogP contribution < -0.4 is 10.6 Å². The van der Waals surface area contributed by atoms with E-state index in [0.717, 1.165) is 34.5 Å². The lowest BCUT2D eigenvalue weighted by Gasteiger charge is -2.16. The Kier molecular flexibility index (Phi) is 5.94. The molecule has 5 rings (SSSR count). The van der Waals surface area contributed by atoms with E-state index < -0.39 is 0 Å². The van der Waals surface area contributed by atoms with Gasteiger partial charge in [-0.2, -0.15) is 5.10 Å². The second-order valence-electron chi connectivity index (χ2n) is 8.44. The predicted molar refractivity (Wildman–Crippen MR) is 132 cm³/mol. The molecule has 0 atom stereocenters. The van der Waals surface area contributed by atoms with Crippen molar-refractivity contribution < 1.29 is 9.59 Å². The molecular formula is C26H24ClN5O2. The zero-order valence-corrected chi connectivity index (χ0v) is 19.4. The number of halogens is 1. The van der Waals surface area contributed by atoms with Gasteiger partial charge in [-0.25, -0.2) is 0 Å². The Balaban J connectivity index is 1.27. The summed E-state index contributed by atoms with van der Waals surface area (Å²) in [6.45, 7) is 3.22. The van der Waals surface area contributed by atoms with Crippen molar-refractivity contribution in [2.75, 3.05) is 11.9 Å². The Morgan fingerprint density at radius 3 is 2.59 bits per heavy atom. The lowest BCUT2D eigenvalue weighted by Crippen LogP contribution is -2.25. The zero-order valence-electron chi connectivity index (χ0n) is 18.7. The summed E-state index contributed by atoms with van der Waals surface area (Å²) in [6.07, 6.45) is 3.29. The molecule has 7 nitrogen and oxygen atoms in total. The molecule has 0 fully saturated rings. The van der Waals surface area contributed by atoms with Gasteiger partial charge in [0.15, 0.2) is 5.82 Å². The van der Waals surface area contributed by atoms with Gasteiger partial charge in [0.2, 0.25) is 0 Å². The maximum atomic E-state index is 12.7. The number of amides is 2. The van der Waals surface area contributed by atoms with Crippen molar-refractivity contribution in [3.63, 3.8) is 0 Å². The van der Waals surface area contributed by atoms with E-state index in [4.69, 9.17) is 11.6 Å². The number of aromatic amines is 1. The molecule has 0 saturated heterocycles. The number of H-pyrrole nitrogens is 1. The average molecular weight is 474 g/mol. The number of fused-ring (bicyclic) bond motifs is 3. The summed E-state index contributed by atoms with van der Waals surface area (Å²) in [4.78, 5) is 25.4. The van der Waals surface area contributed by atoms with Gasteiger partial charge in [0.25, 0.3) is 11.8 Å². The van der Waals surface area contributed by atoms with Gasteiger partial charge >= 0.3 is 0 Å². The van der Waals surface area contributed by atoms with Gasteiger partial charge in [-0.15, -0.1) is 0 Å². The quantitative estimate of drug-likeness (QED) is 0.381. The first-order valence-electron chi connectivity index (χ1n) is 11.2. The second-order valence-corrected chi connectivity index (χ2v) is 8.87. The van der Waals surface area contributed by atoms with E-state index in [1.165, 1.54) is 0 Å². The minimum atomic E-state index is -0.198. The van der Waals surface area contributed by atoms with Gasteiger partial charge in [-0.3, -0.25) is 14.7 Å². The topological polar surface area (TPSA) is 91.8 Å². The highest BCUT2D eigenvalue weighted by molar-refractivity contribution is 6.30. The third-order valence-corrected chi connectivity index (χ3v) is 6.29. The summed E-state index contributed by atoms with van der Waals surface area (Å²) in [7, 11) is 0. The molecule has 1 aliphatic heterocycles. The molecule has 0 aliphatic carbocycles. The molecule has 3 heterocycles. The molecule has 0 bridgehead atoms. The van der Waals surface area contributed by atoms with E-state index in [0.29, 0.717) is 41.5 Å². The molecule has 8 heteroatoms. The molecular weight excluding hydrogens is 450 g/mol. The van der Waals surface area contributed by atoms with Gasteiger partial charge in [-0.1, -0.05) is 41.4 Å². The Morgan fingerprint density at radius 2 is 1.82 bits per heavy atom. The van der Waals surface area contributed by atoms with Gasteiger partial charge < -0.3 is 15.2 Å². The highest BCUT2D eigenvalue weighted by atomic mass is 35.5. The molecule has 172 valence electrons. The van der Waals surface area contributed by atoms with E-state index in [1.807, 2.05) is 60.2 Å². The van der Waals surface area contributed by atoms with Crippen LogP contribution in [-0.2, 0) is 19.4 Å². The van der Waals surface area contributed by atoms with E-state index in [2.05, 4.69) is 20.8 Å². The first-order chi connectivity index (χ1) is 16.5. The smallest absolute Gasteiger partial charge is 0.256 e. The van der Waals surface area contributed by atoms with Crippen LogP contribution in [0.15, 0.2) is 60.8 Å². The number of carbonyl (C=O) groups excluding carboxylic acids is 2. The lowest BCUT2D eigenvalue weighted by atomic mass is 10.1. The lowest BCUT2D eigenvalue weighted by molar-refractivity contribution is 0.0953. The fraction of sp³-hybridized carbons (Fsp3) is 0.192. The highest BCUT2D eigenvalue weighted by Gasteiger charge is 2.25. The highest BCUT2D eigenvalue weighted by Crippen LogP contribution is 2.33. The normalized spacial score (nSPS) is 12.1. The van der Waals surface area contributed by atoms with Crippen LogP contribution in [0.1, 0.15) is 37.4 Å². The number of rotatable bonds is 6. The Labute approximate surface area is 202 Å². The molecule has 0 radical (unpaired) electrons. The fourth-order valence-corrected chi connectivity index (χ4v) is 4.27. The number of nitrogens with one attached hydrogen (secondary N) is 3. The summed E-state index contributed by atoms with van der Waals surface area (Å²) < 4.78 is 2.04. The number of aromatic nitrogens is 3. The van der Waals surface area contributed by atoms with Gasteiger partial charge in [0.1, 0.15) is 0 Å². The fourth-order valence-electron chi connectivity index (χ4n) is 4.14. The molecule has 0 saturated carbocycles. The average Bonchev–Trinajstić information content (AvgIpc) is 3.45. The van der Waals surface area contributed by atoms with Crippen LogP contribution in [0, 0.1) is 6.92 Å². The first kappa shape index (κ1) is 22.0. The third-order valence-electron chi connectivity index (χ3n) is 6.04. The summed E-state index contributed by atoms with van der Waals surface area (Å²) in [5, 5.41) is 14.0. The summed E-state index contributed by atoms with van der Waals surface area (Å²) in [5.41, 5.74) is 6.04. The van der Waals surface area contributed by atoms with Crippen LogP contribution in [0.4, 0.5) is 5.82 Å². The molecule has 1 aliphatic rings. The number of carbonyl (C=O) groups is 2. The Hall–Kier alpha value is -3.84. The van der Waals surface area contributed by atoms with Crippen LogP contribution in [0.25, 0.3) is 11.4 Å². The first-order valence-corrected chi connectivity index (χ1v) is 11.5. The molecule has 34 heavy (non-hydrogen) atoms. The molecule has 0 unspecified atom stereocenters. The zero-order chi connectivity index (χ0) is 23.7. The number of benzene rings is 2. The number of aryl methyl sites for hydroxylation is 2. The monoisotopic (exact) mass is 473 g/mol. The van der Waals surface area contributed by atoms with Crippen molar-refractivity contribution in [3.05, 3.63) is 93.6 Å². The minimum absolute atomic E-state index is 0.121. The third kappa shape index (κ3) is 4.47. The Bertz CT molecular complexity index is 1350. The predicted octanol–water partition coefficient (Wildman–Crippen LogP) is 4.62. The summed E-state index contributed by atoms with van der Waals surface area (Å²) >= 11 is 5.92. The standard InChI is InChI=1S/C26H24ClN5O2/c1-16-2-6-18(7-3-16)26(34)29-24-21-11-13-32-15-19(14-22(32)23(21)30-31-24)25(33)28-12-10-17-4-8-20(27)9-5-17/h2-9,14-15H,10-13H2,1H3,(H,28,33)(H2,29,30,31,34). The maximum absolute atomic E-state index is 12.7. The van der Waals surface area contributed by atoms with Crippen LogP contribution >= 0.6 is 11.6 Å². The van der Waals surface area contributed by atoms with Crippen LogP contribution in [0.2, 0.25) is 5.02 Å². The molecule has 4 aromatic rings. The van der Waals surface area contributed by atoms with Gasteiger partial charge in [-0.05, 0) is 55.7 Å². The van der Waals surface area contributed by atoms with Gasteiger partial charge in [0.05, 0.1) is 17.0 Å². The maximum Gasteiger partial charge on any atom is 0.256 e. The van der Waals surface area contributed by atoms with Crippen molar-refractivity contribution >= 4 is 29.2 Å².